The van der Waals surface area contributed by atoms with Crippen LogP contribution in [0.15, 0.2) is 47.8 Å². The maximum atomic E-state index is 12.2. The molecule has 0 aromatic heterocycles. The first-order chi connectivity index (χ1) is 12.1. The van der Waals surface area contributed by atoms with Crippen molar-refractivity contribution in [2.24, 2.45) is 11.8 Å². The van der Waals surface area contributed by atoms with E-state index < -0.39 is 6.10 Å². The lowest BCUT2D eigenvalue weighted by Gasteiger charge is -2.51. The van der Waals surface area contributed by atoms with Crippen LogP contribution < -0.4 is 5.32 Å². The summed E-state index contributed by atoms with van der Waals surface area (Å²) < 4.78 is 5.34. The normalized spacial score (nSPS) is 37.9. The smallest absolute Gasteiger partial charge is 0.224 e. The predicted octanol–water partition coefficient (Wildman–Crippen LogP) is 1.53. The molecule has 3 fully saturated rings. The third-order valence-corrected chi connectivity index (χ3v) is 6.24. The number of hydrogen-bond donors (Lipinski definition) is 2. The van der Waals surface area contributed by atoms with Crippen LogP contribution in [0, 0.1) is 11.8 Å². The van der Waals surface area contributed by atoms with E-state index in [0.29, 0.717) is 11.8 Å². The van der Waals surface area contributed by atoms with Gasteiger partial charge in [-0.3, -0.25) is 9.69 Å². The molecular weight excluding hydrogens is 316 g/mol. The number of methoxy groups -OCH3 is 1. The van der Waals surface area contributed by atoms with Crippen LogP contribution in [-0.4, -0.2) is 54.3 Å². The number of piperidine rings is 3. The molecule has 4 aliphatic heterocycles. The van der Waals surface area contributed by atoms with E-state index in [0.717, 1.165) is 36.4 Å². The van der Waals surface area contributed by atoms with Crippen LogP contribution in [0.25, 0.3) is 0 Å². The van der Waals surface area contributed by atoms with Crippen LogP contribution in [0.4, 0.5) is 0 Å². The van der Waals surface area contributed by atoms with Gasteiger partial charge in [0, 0.05) is 12.6 Å². The molecule has 4 heterocycles. The maximum absolute atomic E-state index is 12.2. The summed E-state index contributed by atoms with van der Waals surface area (Å²) in [5.74, 6) is 1.85. The van der Waals surface area contributed by atoms with Crippen molar-refractivity contribution in [1.82, 2.24) is 10.2 Å². The van der Waals surface area contributed by atoms with Crippen LogP contribution in [-0.2, 0) is 9.53 Å². The molecule has 0 aromatic carbocycles. The van der Waals surface area contributed by atoms with Gasteiger partial charge in [-0.05, 0) is 54.5 Å². The van der Waals surface area contributed by atoms with Crippen LogP contribution in [0.1, 0.15) is 19.3 Å². The summed E-state index contributed by atoms with van der Waals surface area (Å²) in [4.78, 5) is 14.5. The maximum Gasteiger partial charge on any atom is 0.224 e. The molecule has 5 rings (SSSR count). The lowest BCUT2D eigenvalue weighted by molar-refractivity contribution is -0.121. The summed E-state index contributed by atoms with van der Waals surface area (Å²) in [6.07, 6.45) is 9.59. The van der Waals surface area contributed by atoms with E-state index in [1.165, 1.54) is 6.42 Å². The van der Waals surface area contributed by atoms with Crippen LogP contribution in [0.3, 0.4) is 0 Å². The Morgan fingerprint density at radius 2 is 2.36 bits per heavy atom. The summed E-state index contributed by atoms with van der Waals surface area (Å²) in [5.41, 5.74) is 1.83. The van der Waals surface area contributed by atoms with Crippen molar-refractivity contribution in [3.63, 3.8) is 0 Å². The highest BCUT2D eigenvalue weighted by Crippen LogP contribution is 2.40. The highest BCUT2D eigenvalue weighted by molar-refractivity contribution is 5.82. The molecule has 0 radical (unpaired) electrons. The minimum atomic E-state index is -0.613. The SMILES string of the molecule is C=C[C@H]1CN2CCC1C[C@H]2[C@H](O)C1=C2C=C(OC)C=CC2NC(=O)C1. The molecule has 0 saturated carbocycles. The molecule has 1 aliphatic carbocycles. The summed E-state index contributed by atoms with van der Waals surface area (Å²) in [6, 6.07) is -0.0733. The van der Waals surface area contributed by atoms with Gasteiger partial charge < -0.3 is 15.2 Å². The van der Waals surface area contributed by atoms with Crippen molar-refractivity contribution in [2.75, 3.05) is 20.2 Å². The number of nitrogens with zero attached hydrogens (tertiary/aromatic N) is 1. The van der Waals surface area contributed by atoms with Crippen LogP contribution in [0.2, 0.25) is 0 Å². The fourth-order valence-corrected chi connectivity index (χ4v) is 4.84. The topological polar surface area (TPSA) is 61.8 Å². The Morgan fingerprint density at radius 3 is 3.04 bits per heavy atom. The average Bonchev–Trinajstić information content (AvgIpc) is 2.66. The van der Waals surface area contributed by atoms with E-state index in [-0.39, 0.29) is 24.4 Å². The van der Waals surface area contributed by atoms with Gasteiger partial charge in [-0.1, -0.05) is 12.2 Å². The van der Waals surface area contributed by atoms with Gasteiger partial charge in [-0.15, -0.1) is 6.58 Å². The molecule has 5 heteroatoms. The van der Waals surface area contributed by atoms with Gasteiger partial charge in [-0.2, -0.15) is 0 Å². The van der Waals surface area contributed by atoms with E-state index in [1.807, 2.05) is 18.2 Å². The number of hydrogen-bond acceptors (Lipinski definition) is 4. The Kier molecular flexibility index (Phi) is 4.29. The molecule has 2 N–H and O–H groups in total. The molecule has 2 bridgehead atoms. The van der Waals surface area contributed by atoms with Gasteiger partial charge in [-0.25, -0.2) is 0 Å². The van der Waals surface area contributed by atoms with E-state index in [9.17, 15) is 9.90 Å². The van der Waals surface area contributed by atoms with Crippen molar-refractivity contribution < 1.29 is 14.6 Å². The number of carbonyl (C=O) groups is 1. The Hall–Kier alpha value is -1.85. The molecule has 0 spiro atoms. The number of aliphatic hydroxyl groups excluding tert-OH is 1. The van der Waals surface area contributed by atoms with E-state index in [2.05, 4.69) is 22.9 Å². The van der Waals surface area contributed by atoms with Gasteiger partial charge in [0.1, 0.15) is 5.76 Å². The van der Waals surface area contributed by atoms with E-state index in [4.69, 9.17) is 4.74 Å². The largest absolute Gasteiger partial charge is 0.497 e. The minimum Gasteiger partial charge on any atom is -0.497 e. The number of nitrogens with one attached hydrogen (secondary N) is 1. The van der Waals surface area contributed by atoms with Gasteiger partial charge in [0.25, 0.3) is 0 Å². The summed E-state index contributed by atoms with van der Waals surface area (Å²) in [5, 5.41) is 14.2. The first-order valence-electron chi connectivity index (χ1n) is 9.11. The lowest BCUT2D eigenvalue weighted by Crippen LogP contribution is -2.58. The van der Waals surface area contributed by atoms with Crippen molar-refractivity contribution in [3.05, 3.63) is 47.8 Å². The Morgan fingerprint density at radius 1 is 1.52 bits per heavy atom. The van der Waals surface area contributed by atoms with E-state index in [1.54, 1.807) is 7.11 Å². The fraction of sp³-hybridized carbons (Fsp3) is 0.550. The number of allylic oxidation sites excluding steroid dienone is 1. The number of aliphatic hydroxyl groups is 1. The number of amides is 1. The van der Waals surface area contributed by atoms with E-state index >= 15 is 0 Å². The van der Waals surface area contributed by atoms with Gasteiger partial charge in [0.15, 0.2) is 0 Å². The number of rotatable bonds is 4. The second kappa shape index (κ2) is 6.46. The summed E-state index contributed by atoms with van der Waals surface area (Å²) in [6.45, 7) is 5.95. The lowest BCUT2D eigenvalue weighted by atomic mass is 9.72. The third kappa shape index (κ3) is 2.85. The molecule has 3 saturated heterocycles. The highest BCUT2D eigenvalue weighted by Gasteiger charge is 2.44. The van der Waals surface area contributed by atoms with Crippen molar-refractivity contribution in [3.8, 4) is 0 Å². The zero-order valence-electron chi connectivity index (χ0n) is 14.6. The third-order valence-electron chi connectivity index (χ3n) is 6.24. The molecule has 134 valence electrons. The minimum absolute atomic E-state index is 0.0262. The predicted molar refractivity (Wildman–Crippen MR) is 95.6 cm³/mol. The average molecular weight is 342 g/mol. The summed E-state index contributed by atoms with van der Waals surface area (Å²) in [7, 11) is 1.63. The number of fused-ring (bicyclic) bond motifs is 4. The van der Waals surface area contributed by atoms with Crippen molar-refractivity contribution in [1.29, 1.82) is 0 Å². The molecule has 1 amide bonds. The Balaban J connectivity index is 1.64. The zero-order valence-corrected chi connectivity index (χ0v) is 14.6. The number of ether oxygens (including phenoxy) is 1. The molecule has 5 nitrogen and oxygen atoms in total. The molecule has 6 atom stereocenters. The Labute approximate surface area is 148 Å². The molecular formula is C20H26N2O3. The van der Waals surface area contributed by atoms with Gasteiger partial charge in [0.05, 0.1) is 25.7 Å². The van der Waals surface area contributed by atoms with Gasteiger partial charge in [0.2, 0.25) is 5.91 Å². The molecule has 5 aliphatic rings. The molecule has 25 heavy (non-hydrogen) atoms. The Bertz CT molecular complexity index is 678. The van der Waals surface area contributed by atoms with Gasteiger partial charge >= 0.3 is 0 Å². The van der Waals surface area contributed by atoms with Crippen molar-refractivity contribution >= 4 is 5.91 Å². The summed E-state index contributed by atoms with van der Waals surface area (Å²) >= 11 is 0. The standard InChI is InChI=1S/C20H26N2O3/c1-3-12-11-22-7-6-13(12)8-18(22)20(24)16-10-19(23)21-17-5-4-14(25-2)9-15(16)17/h3-5,9,12-13,17-18,20,24H,1,6-8,10-11H2,2H3,(H,21,23)/t12-,13?,17?,18-,20+/m0/s1. The van der Waals surface area contributed by atoms with Crippen molar-refractivity contribution in [2.45, 2.75) is 37.5 Å². The second-order valence-corrected chi connectivity index (χ2v) is 7.50. The van der Waals surface area contributed by atoms with Crippen LogP contribution >= 0.6 is 0 Å². The highest BCUT2D eigenvalue weighted by atomic mass is 16.5. The second-order valence-electron chi connectivity index (χ2n) is 7.50. The fourth-order valence-electron chi connectivity index (χ4n) is 4.84. The molecule has 3 unspecified atom stereocenters. The first-order valence-corrected chi connectivity index (χ1v) is 9.11. The monoisotopic (exact) mass is 342 g/mol. The molecule has 0 aromatic rings. The zero-order chi connectivity index (χ0) is 17.6. The van der Waals surface area contributed by atoms with Crippen LogP contribution in [0.5, 0.6) is 0 Å². The number of carbonyl (C=O) groups excluding carboxylic acids is 1. The first kappa shape index (κ1) is 16.6. The quantitative estimate of drug-likeness (QED) is 0.761.